The molecule has 1 fully saturated rings. The van der Waals surface area contributed by atoms with Gasteiger partial charge in [-0.1, -0.05) is 30.3 Å². The predicted octanol–water partition coefficient (Wildman–Crippen LogP) is 2.25. The number of ether oxygens (including phenoxy) is 2. The first-order valence-electron chi connectivity index (χ1n) is 8.45. The molecule has 0 spiro atoms. The van der Waals surface area contributed by atoms with Crippen molar-refractivity contribution in [3.8, 4) is 0 Å². The standard InChI is InChI=1S/C18H27N3O4/c1-18(2,3)25-16(22)20-15-9-10-21(11-14(15)19)17(23)24-12-13-7-5-4-6-8-13/h4-8,14-15H,9-12,19H2,1-3H3,(H,20,22)/t14-,15+/m1/s1. The van der Waals surface area contributed by atoms with E-state index in [4.69, 9.17) is 15.2 Å². The molecule has 138 valence electrons. The van der Waals surface area contributed by atoms with Crippen LogP contribution >= 0.6 is 0 Å². The van der Waals surface area contributed by atoms with Gasteiger partial charge in [-0.05, 0) is 32.8 Å². The lowest BCUT2D eigenvalue weighted by Gasteiger charge is -2.36. The van der Waals surface area contributed by atoms with Gasteiger partial charge in [0, 0.05) is 19.1 Å². The van der Waals surface area contributed by atoms with Crippen LogP contribution in [0.4, 0.5) is 9.59 Å². The number of amides is 2. The van der Waals surface area contributed by atoms with Gasteiger partial charge in [0.05, 0.1) is 6.04 Å². The summed E-state index contributed by atoms with van der Waals surface area (Å²) in [5.74, 6) is 0. The van der Waals surface area contributed by atoms with E-state index in [9.17, 15) is 9.59 Å². The van der Waals surface area contributed by atoms with Crippen molar-refractivity contribution in [3.63, 3.8) is 0 Å². The van der Waals surface area contributed by atoms with Gasteiger partial charge in [0.15, 0.2) is 0 Å². The van der Waals surface area contributed by atoms with Crippen LogP contribution < -0.4 is 11.1 Å². The monoisotopic (exact) mass is 349 g/mol. The zero-order valence-electron chi connectivity index (χ0n) is 15.0. The maximum atomic E-state index is 12.2. The van der Waals surface area contributed by atoms with Crippen molar-refractivity contribution < 1.29 is 19.1 Å². The molecule has 1 saturated heterocycles. The molecule has 1 aromatic carbocycles. The first kappa shape index (κ1) is 19.1. The van der Waals surface area contributed by atoms with Crippen LogP contribution in [0.2, 0.25) is 0 Å². The van der Waals surface area contributed by atoms with Crippen LogP contribution in [0.15, 0.2) is 30.3 Å². The van der Waals surface area contributed by atoms with Gasteiger partial charge in [-0.15, -0.1) is 0 Å². The molecule has 2 amide bonds. The van der Waals surface area contributed by atoms with Crippen molar-refractivity contribution in [1.29, 1.82) is 0 Å². The van der Waals surface area contributed by atoms with Gasteiger partial charge in [-0.25, -0.2) is 9.59 Å². The summed E-state index contributed by atoms with van der Waals surface area (Å²) in [6.07, 6.45) is -0.330. The molecule has 2 atom stereocenters. The molecule has 0 aliphatic carbocycles. The van der Waals surface area contributed by atoms with E-state index < -0.39 is 17.8 Å². The van der Waals surface area contributed by atoms with E-state index in [1.54, 1.807) is 25.7 Å². The van der Waals surface area contributed by atoms with Crippen LogP contribution in [0.5, 0.6) is 0 Å². The average molecular weight is 349 g/mol. The Labute approximate surface area is 148 Å². The quantitative estimate of drug-likeness (QED) is 0.873. The fourth-order valence-electron chi connectivity index (χ4n) is 2.60. The van der Waals surface area contributed by atoms with E-state index in [1.165, 1.54) is 0 Å². The summed E-state index contributed by atoms with van der Waals surface area (Å²) in [5.41, 5.74) is 6.48. The Bertz CT molecular complexity index is 586. The minimum absolute atomic E-state index is 0.227. The SMILES string of the molecule is CC(C)(C)OC(=O)N[C@H]1CCN(C(=O)OCc2ccccc2)C[C@H]1N. The van der Waals surface area contributed by atoms with Crippen LogP contribution in [0.25, 0.3) is 0 Å². The highest BCUT2D eigenvalue weighted by Gasteiger charge is 2.31. The van der Waals surface area contributed by atoms with Gasteiger partial charge in [-0.2, -0.15) is 0 Å². The molecular formula is C18H27N3O4. The maximum absolute atomic E-state index is 12.2. The zero-order chi connectivity index (χ0) is 18.4. The number of benzene rings is 1. The summed E-state index contributed by atoms with van der Waals surface area (Å²) in [6, 6.07) is 8.90. The number of carbonyl (C=O) groups excluding carboxylic acids is 2. The fraction of sp³-hybridized carbons (Fsp3) is 0.556. The molecule has 1 aliphatic rings. The molecule has 25 heavy (non-hydrogen) atoms. The highest BCUT2D eigenvalue weighted by molar-refractivity contribution is 5.69. The number of nitrogens with one attached hydrogen (secondary N) is 1. The van der Waals surface area contributed by atoms with Gasteiger partial charge < -0.3 is 25.4 Å². The van der Waals surface area contributed by atoms with Crippen LogP contribution in [-0.4, -0.2) is 47.9 Å². The molecule has 0 unspecified atom stereocenters. The molecule has 7 nitrogen and oxygen atoms in total. The summed E-state index contributed by atoms with van der Waals surface area (Å²) in [6.45, 7) is 6.44. The summed E-state index contributed by atoms with van der Waals surface area (Å²) >= 11 is 0. The number of nitrogens with two attached hydrogens (primary N) is 1. The maximum Gasteiger partial charge on any atom is 0.410 e. The minimum atomic E-state index is -0.559. The Balaban J connectivity index is 1.78. The second kappa shape index (κ2) is 8.20. The van der Waals surface area contributed by atoms with E-state index in [0.717, 1.165) is 5.56 Å². The van der Waals surface area contributed by atoms with Crippen molar-refractivity contribution in [2.75, 3.05) is 13.1 Å². The normalized spacial score (nSPS) is 20.7. The molecule has 0 saturated carbocycles. The molecule has 2 rings (SSSR count). The van der Waals surface area contributed by atoms with Crippen molar-refractivity contribution in [3.05, 3.63) is 35.9 Å². The number of hydrogen-bond acceptors (Lipinski definition) is 5. The van der Waals surface area contributed by atoms with Crippen LogP contribution in [-0.2, 0) is 16.1 Å². The number of likely N-dealkylation sites (tertiary alicyclic amines) is 1. The van der Waals surface area contributed by atoms with E-state index in [0.29, 0.717) is 19.5 Å². The van der Waals surface area contributed by atoms with Gasteiger partial charge in [0.25, 0.3) is 0 Å². The van der Waals surface area contributed by atoms with Crippen LogP contribution in [0.3, 0.4) is 0 Å². The average Bonchev–Trinajstić information content (AvgIpc) is 2.53. The van der Waals surface area contributed by atoms with Crippen LogP contribution in [0.1, 0.15) is 32.8 Å². The van der Waals surface area contributed by atoms with Gasteiger partial charge >= 0.3 is 12.2 Å². The molecule has 1 aliphatic heterocycles. The Morgan fingerprint density at radius 1 is 1.28 bits per heavy atom. The zero-order valence-corrected chi connectivity index (χ0v) is 15.0. The summed E-state index contributed by atoms with van der Waals surface area (Å²) in [5, 5.41) is 2.78. The van der Waals surface area contributed by atoms with Crippen molar-refractivity contribution in [2.24, 2.45) is 5.73 Å². The van der Waals surface area contributed by atoms with Crippen LogP contribution in [0, 0.1) is 0 Å². The van der Waals surface area contributed by atoms with Gasteiger partial charge in [0.1, 0.15) is 12.2 Å². The lowest BCUT2D eigenvalue weighted by Crippen LogP contribution is -2.59. The lowest BCUT2D eigenvalue weighted by atomic mass is 10.0. The Morgan fingerprint density at radius 2 is 1.96 bits per heavy atom. The number of piperidine rings is 1. The Hall–Kier alpha value is -2.28. The Kier molecular flexibility index (Phi) is 6.25. The third kappa shape index (κ3) is 6.26. The smallest absolute Gasteiger partial charge is 0.410 e. The predicted molar refractivity (Wildman–Crippen MR) is 94.0 cm³/mol. The van der Waals surface area contributed by atoms with Gasteiger partial charge in [0.2, 0.25) is 0 Å². The summed E-state index contributed by atoms with van der Waals surface area (Å²) in [7, 11) is 0. The molecule has 1 aromatic rings. The highest BCUT2D eigenvalue weighted by Crippen LogP contribution is 2.14. The second-order valence-corrected chi connectivity index (χ2v) is 7.19. The van der Waals surface area contributed by atoms with E-state index >= 15 is 0 Å². The van der Waals surface area contributed by atoms with Crippen molar-refractivity contribution in [1.82, 2.24) is 10.2 Å². The first-order valence-corrected chi connectivity index (χ1v) is 8.45. The van der Waals surface area contributed by atoms with E-state index in [2.05, 4.69) is 5.32 Å². The molecule has 3 N–H and O–H groups in total. The minimum Gasteiger partial charge on any atom is -0.445 e. The van der Waals surface area contributed by atoms with E-state index in [1.807, 2.05) is 30.3 Å². The highest BCUT2D eigenvalue weighted by atomic mass is 16.6. The molecule has 1 heterocycles. The first-order chi connectivity index (χ1) is 11.7. The Morgan fingerprint density at radius 3 is 2.56 bits per heavy atom. The van der Waals surface area contributed by atoms with Crippen molar-refractivity contribution in [2.45, 2.75) is 51.5 Å². The summed E-state index contributed by atoms with van der Waals surface area (Å²) in [4.78, 5) is 25.6. The molecule has 7 heteroatoms. The fourth-order valence-corrected chi connectivity index (χ4v) is 2.60. The molecular weight excluding hydrogens is 322 g/mol. The molecule has 0 aromatic heterocycles. The third-order valence-electron chi connectivity index (χ3n) is 3.82. The van der Waals surface area contributed by atoms with E-state index in [-0.39, 0.29) is 18.7 Å². The topological polar surface area (TPSA) is 93.9 Å². The summed E-state index contributed by atoms with van der Waals surface area (Å²) < 4.78 is 10.6. The number of alkyl carbamates (subject to hydrolysis) is 1. The molecule has 0 bridgehead atoms. The lowest BCUT2D eigenvalue weighted by molar-refractivity contribution is 0.0455. The third-order valence-corrected chi connectivity index (χ3v) is 3.82. The number of rotatable bonds is 3. The second-order valence-electron chi connectivity index (χ2n) is 7.19. The molecule has 0 radical (unpaired) electrons. The van der Waals surface area contributed by atoms with Gasteiger partial charge in [-0.3, -0.25) is 0 Å². The van der Waals surface area contributed by atoms with Crippen molar-refractivity contribution >= 4 is 12.2 Å². The number of nitrogens with zero attached hydrogens (tertiary/aromatic N) is 1. The number of hydrogen-bond donors (Lipinski definition) is 2. The number of carbonyl (C=O) groups is 2. The largest absolute Gasteiger partial charge is 0.445 e.